The van der Waals surface area contributed by atoms with E-state index in [1.165, 1.54) is 0 Å². The summed E-state index contributed by atoms with van der Waals surface area (Å²) in [6.45, 7) is 2.71. The summed E-state index contributed by atoms with van der Waals surface area (Å²) in [7, 11) is 0. The van der Waals surface area contributed by atoms with Gasteiger partial charge in [0.05, 0.1) is 6.61 Å². The third-order valence-corrected chi connectivity index (χ3v) is 2.89. The Kier molecular flexibility index (Phi) is 4.34. The lowest BCUT2D eigenvalue weighted by Gasteiger charge is -2.10. The van der Waals surface area contributed by atoms with Crippen molar-refractivity contribution in [3.05, 3.63) is 36.0 Å². The van der Waals surface area contributed by atoms with E-state index >= 15 is 0 Å². The Morgan fingerprint density at radius 3 is 2.95 bits per heavy atom. The molecule has 0 radical (unpaired) electrons. The van der Waals surface area contributed by atoms with Gasteiger partial charge in [-0.2, -0.15) is 0 Å². The third-order valence-electron chi connectivity index (χ3n) is 2.89. The number of fused-ring (bicyclic) bond motifs is 1. The van der Waals surface area contributed by atoms with Crippen molar-refractivity contribution < 1.29 is 14.6 Å². The van der Waals surface area contributed by atoms with Gasteiger partial charge in [0.2, 0.25) is 0 Å². The number of pyridine rings is 1. The minimum absolute atomic E-state index is 0.124. The highest BCUT2D eigenvalue weighted by atomic mass is 16.5. The number of hydrogen-bond acceptors (Lipinski definition) is 3. The standard InChI is InChI=1S/C15H17NO3/c1-2-10-19-13-7-5-11(6-8-14(17)18)12-4-3-9-16-15(12)13/h3-5,7,9H,2,6,8,10H2,1H3,(H,17,18). The van der Waals surface area contributed by atoms with E-state index in [0.29, 0.717) is 13.0 Å². The van der Waals surface area contributed by atoms with E-state index < -0.39 is 5.97 Å². The van der Waals surface area contributed by atoms with Gasteiger partial charge < -0.3 is 9.84 Å². The van der Waals surface area contributed by atoms with Crippen LogP contribution in [0.15, 0.2) is 30.5 Å². The van der Waals surface area contributed by atoms with Crippen molar-refractivity contribution in [2.75, 3.05) is 6.61 Å². The Labute approximate surface area is 112 Å². The van der Waals surface area contributed by atoms with Crippen molar-refractivity contribution in [1.82, 2.24) is 4.98 Å². The maximum atomic E-state index is 10.7. The van der Waals surface area contributed by atoms with Crippen molar-refractivity contribution in [2.24, 2.45) is 0 Å². The number of nitrogens with zero attached hydrogens (tertiary/aromatic N) is 1. The zero-order valence-electron chi connectivity index (χ0n) is 10.9. The summed E-state index contributed by atoms with van der Waals surface area (Å²) >= 11 is 0. The normalized spacial score (nSPS) is 10.6. The highest BCUT2D eigenvalue weighted by molar-refractivity contribution is 5.87. The lowest BCUT2D eigenvalue weighted by molar-refractivity contribution is -0.136. The fraction of sp³-hybridized carbons (Fsp3) is 0.333. The van der Waals surface area contributed by atoms with Gasteiger partial charge in [0.15, 0.2) is 0 Å². The quantitative estimate of drug-likeness (QED) is 0.866. The fourth-order valence-corrected chi connectivity index (χ4v) is 1.99. The van der Waals surface area contributed by atoms with E-state index in [1.54, 1.807) is 6.20 Å². The second-order valence-corrected chi connectivity index (χ2v) is 4.36. The molecule has 0 fully saturated rings. The summed E-state index contributed by atoms with van der Waals surface area (Å²) in [6, 6.07) is 7.62. The van der Waals surface area contributed by atoms with E-state index in [9.17, 15) is 4.79 Å². The van der Waals surface area contributed by atoms with Gasteiger partial charge in [-0.3, -0.25) is 9.78 Å². The molecule has 0 saturated heterocycles. The van der Waals surface area contributed by atoms with Crippen molar-refractivity contribution in [3.8, 4) is 5.75 Å². The molecule has 19 heavy (non-hydrogen) atoms. The van der Waals surface area contributed by atoms with Gasteiger partial charge in [0, 0.05) is 18.0 Å². The minimum Gasteiger partial charge on any atom is -0.491 e. The molecule has 0 aliphatic rings. The predicted octanol–water partition coefficient (Wildman–Crippen LogP) is 3.04. The number of rotatable bonds is 6. The molecule has 1 heterocycles. The van der Waals surface area contributed by atoms with Crippen LogP contribution in [-0.4, -0.2) is 22.7 Å². The molecule has 0 saturated carbocycles. The topological polar surface area (TPSA) is 59.4 Å². The van der Waals surface area contributed by atoms with Crippen molar-refractivity contribution in [3.63, 3.8) is 0 Å². The number of carboxylic acids is 1. The van der Waals surface area contributed by atoms with Gasteiger partial charge in [-0.1, -0.05) is 19.1 Å². The Morgan fingerprint density at radius 2 is 2.21 bits per heavy atom. The fourth-order valence-electron chi connectivity index (χ4n) is 1.99. The summed E-state index contributed by atoms with van der Waals surface area (Å²) in [5, 5.41) is 9.75. The number of carbonyl (C=O) groups is 1. The first-order chi connectivity index (χ1) is 9.22. The van der Waals surface area contributed by atoms with E-state index in [1.807, 2.05) is 24.3 Å². The molecule has 1 aromatic heterocycles. The first kappa shape index (κ1) is 13.3. The van der Waals surface area contributed by atoms with Gasteiger partial charge in [0.25, 0.3) is 0 Å². The van der Waals surface area contributed by atoms with Crippen LogP contribution in [0.4, 0.5) is 0 Å². The van der Waals surface area contributed by atoms with Gasteiger partial charge in [-0.25, -0.2) is 0 Å². The van der Waals surface area contributed by atoms with Crippen LogP contribution in [0, 0.1) is 0 Å². The largest absolute Gasteiger partial charge is 0.491 e. The number of hydrogen-bond donors (Lipinski definition) is 1. The maximum Gasteiger partial charge on any atom is 0.303 e. The smallest absolute Gasteiger partial charge is 0.303 e. The van der Waals surface area contributed by atoms with Crippen LogP contribution in [0.25, 0.3) is 10.9 Å². The second kappa shape index (κ2) is 6.18. The van der Waals surface area contributed by atoms with Crippen LogP contribution in [0.2, 0.25) is 0 Å². The molecular weight excluding hydrogens is 242 g/mol. The van der Waals surface area contributed by atoms with Gasteiger partial charge in [-0.05, 0) is 30.5 Å². The molecule has 4 nitrogen and oxygen atoms in total. The summed E-state index contributed by atoms with van der Waals surface area (Å²) < 4.78 is 5.67. The first-order valence-electron chi connectivity index (χ1n) is 6.43. The van der Waals surface area contributed by atoms with Crippen LogP contribution in [0.5, 0.6) is 5.75 Å². The van der Waals surface area contributed by atoms with Crippen molar-refractivity contribution in [1.29, 1.82) is 0 Å². The lowest BCUT2D eigenvalue weighted by atomic mass is 10.0. The lowest BCUT2D eigenvalue weighted by Crippen LogP contribution is -2.00. The van der Waals surface area contributed by atoms with E-state index in [4.69, 9.17) is 9.84 Å². The molecular formula is C15H17NO3. The first-order valence-corrected chi connectivity index (χ1v) is 6.43. The summed E-state index contributed by atoms with van der Waals surface area (Å²) in [5.74, 6) is -0.0279. The van der Waals surface area contributed by atoms with E-state index in [0.717, 1.165) is 28.6 Å². The molecule has 4 heteroatoms. The maximum absolute atomic E-state index is 10.7. The Balaban J connectivity index is 2.37. The van der Waals surface area contributed by atoms with E-state index in [2.05, 4.69) is 11.9 Å². The average molecular weight is 259 g/mol. The number of carboxylic acid groups (broad SMARTS) is 1. The monoisotopic (exact) mass is 259 g/mol. The van der Waals surface area contributed by atoms with Gasteiger partial charge in [-0.15, -0.1) is 0 Å². The molecule has 1 aromatic carbocycles. The average Bonchev–Trinajstić information content (AvgIpc) is 2.43. The van der Waals surface area contributed by atoms with Gasteiger partial charge >= 0.3 is 5.97 Å². The Bertz CT molecular complexity index is 581. The number of benzene rings is 1. The molecule has 2 rings (SSSR count). The van der Waals surface area contributed by atoms with Crippen LogP contribution in [0.3, 0.4) is 0 Å². The molecule has 2 aromatic rings. The highest BCUT2D eigenvalue weighted by Gasteiger charge is 2.09. The minimum atomic E-state index is -0.789. The highest BCUT2D eigenvalue weighted by Crippen LogP contribution is 2.27. The zero-order chi connectivity index (χ0) is 13.7. The molecule has 0 spiro atoms. The molecule has 100 valence electrons. The molecule has 0 bridgehead atoms. The SMILES string of the molecule is CCCOc1ccc(CCC(=O)O)c2cccnc12. The summed E-state index contributed by atoms with van der Waals surface area (Å²) in [6.07, 6.45) is 3.29. The van der Waals surface area contributed by atoms with Crippen molar-refractivity contribution in [2.45, 2.75) is 26.2 Å². The van der Waals surface area contributed by atoms with Crippen LogP contribution in [-0.2, 0) is 11.2 Å². The van der Waals surface area contributed by atoms with Gasteiger partial charge in [0.1, 0.15) is 11.3 Å². The second-order valence-electron chi connectivity index (χ2n) is 4.36. The number of ether oxygens (including phenoxy) is 1. The predicted molar refractivity (Wildman–Crippen MR) is 73.5 cm³/mol. The number of aromatic nitrogens is 1. The Hall–Kier alpha value is -2.10. The van der Waals surface area contributed by atoms with Crippen LogP contribution in [0.1, 0.15) is 25.3 Å². The summed E-state index contributed by atoms with van der Waals surface area (Å²) in [4.78, 5) is 15.0. The number of aliphatic carboxylic acids is 1. The Morgan fingerprint density at radius 1 is 1.37 bits per heavy atom. The molecule has 1 N–H and O–H groups in total. The number of aryl methyl sites for hydroxylation is 1. The molecule has 0 unspecified atom stereocenters. The summed E-state index contributed by atoms with van der Waals surface area (Å²) in [5.41, 5.74) is 1.80. The van der Waals surface area contributed by atoms with Crippen LogP contribution < -0.4 is 4.74 Å². The molecule has 0 amide bonds. The van der Waals surface area contributed by atoms with Crippen LogP contribution >= 0.6 is 0 Å². The molecule has 0 aliphatic carbocycles. The third kappa shape index (κ3) is 3.22. The van der Waals surface area contributed by atoms with Crippen molar-refractivity contribution >= 4 is 16.9 Å². The zero-order valence-corrected chi connectivity index (χ0v) is 10.9. The molecule has 0 atom stereocenters. The molecule has 0 aliphatic heterocycles. The van der Waals surface area contributed by atoms with E-state index in [-0.39, 0.29) is 6.42 Å².